The van der Waals surface area contributed by atoms with Gasteiger partial charge in [0, 0.05) is 6.04 Å². The summed E-state index contributed by atoms with van der Waals surface area (Å²) in [6, 6.07) is 3.50. The standard InChI is InChI=1S/C13H18F3NO/c1-9(12-6-3-7-18-12)17-11-5-2-4-10(8-11)13(14,15)16/h3,6-7,9-11,17H,2,4-5,8H2,1H3/t9-,10?,11?/m0/s1. The summed E-state index contributed by atoms with van der Waals surface area (Å²) in [5.41, 5.74) is 0. The van der Waals surface area contributed by atoms with Gasteiger partial charge in [-0.3, -0.25) is 0 Å². The van der Waals surface area contributed by atoms with E-state index in [1.807, 2.05) is 13.0 Å². The SMILES string of the molecule is C[C@H](NC1CCCC(C(F)(F)F)C1)c1ccco1. The van der Waals surface area contributed by atoms with E-state index in [0.717, 1.165) is 12.2 Å². The largest absolute Gasteiger partial charge is 0.468 e. The Labute approximate surface area is 105 Å². The van der Waals surface area contributed by atoms with E-state index in [1.54, 1.807) is 12.3 Å². The minimum Gasteiger partial charge on any atom is -0.468 e. The van der Waals surface area contributed by atoms with Crippen LogP contribution in [0.3, 0.4) is 0 Å². The van der Waals surface area contributed by atoms with Gasteiger partial charge in [0.25, 0.3) is 0 Å². The molecule has 1 aliphatic rings. The molecular weight excluding hydrogens is 243 g/mol. The minimum atomic E-state index is -4.06. The second kappa shape index (κ2) is 5.34. The molecule has 1 saturated carbocycles. The Morgan fingerprint density at radius 1 is 1.39 bits per heavy atom. The Hall–Kier alpha value is -0.970. The number of nitrogens with one attached hydrogen (secondary N) is 1. The average Bonchev–Trinajstić information content (AvgIpc) is 2.81. The zero-order valence-corrected chi connectivity index (χ0v) is 10.3. The van der Waals surface area contributed by atoms with Crippen molar-refractivity contribution in [3.8, 4) is 0 Å². The van der Waals surface area contributed by atoms with Crippen LogP contribution in [0.2, 0.25) is 0 Å². The van der Waals surface area contributed by atoms with Crippen molar-refractivity contribution in [1.29, 1.82) is 0 Å². The van der Waals surface area contributed by atoms with E-state index in [-0.39, 0.29) is 24.9 Å². The Balaban J connectivity index is 1.90. The molecule has 1 heterocycles. The lowest BCUT2D eigenvalue weighted by Crippen LogP contribution is -2.39. The van der Waals surface area contributed by atoms with Gasteiger partial charge in [0.2, 0.25) is 0 Å². The maximum Gasteiger partial charge on any atom is 0.391 e. The first kappa shape index (κ1) is 13.5. The van der Waals surface area contributed by atoms with Gasteiger partial charge in [0.15, 0.2) is 0 Å². The van der Waals surface area contributed by atoms with Gasteiger partial charge in [-0.15, -0.1) is 0 Å². The lowest BCUT2D eigenvalue weighted by atomic mass is 9.85. The van der Waals surface area contributed by atoms with Crippen molar-refractivity contribution < 1.29 is 17.6 Å². The molecule has 2 rings (SSSR count). The predicted octanol–water partition coefficient (Wildman–Crippen LogP) is 4.05. The van der Waals surface area contributed by atoms with Gasteiger partial charge in [0.1, 0.15) is 5.76 Å². The molecule has 1 aromatic rings. The van der Waals surface area contributed by atoms with E-state index in [2.05, 4.69) is 5.32 Å². The summed E-state index contributed by atoms with van der Waals surface area (Å²) in [7, 11) is 0. The van der Waals surface area contributed by atoms with E-state index >= 15 is 0 Å². The first-order valence-electron chi connectivity index (χ1n) is 6.33. The highest BCUT2D eigenvalue weighted by Crippen LogP contribution is 2.38. The molecule has 0 bridgehead atoms. The molecule has 1 aromatic heterocycles. The minimum absolute atomic E-state index is 0.0445. The zero-order chi connectivity index (χ0) is 13.2. The topological polar surface area (TPSA) is 25.2 Å². The first-order valence-corrected chi connectivity index (χ1v) is 6.33. The normalized spacial score (nSPS) is 27.1. The highest BCUT2D eigenvalue weighted by atomic mass is 19.4. The monoisotopic (exact) mass is 261 g/mol. The van der Waals surface area contributed by atoms with Gasteiger partial charge >= 0.3 is 6.18 Å². The maximum atomic E-state index is 12.7. The molecular formula is C13H18F3NO. The average molecular weight is 261 g/mol. The molecule has 0 aliphatic heterocycles. The van der Waals surface area contributed by atoms with Crippen molar-refractivity contribution >= 4 is 0 Å². The van der Waals surface area contributed by atoms with Crippen LogP contribution in [-0.2, 0) is 0 Å². The van der Waals surface area contributed by atoms with Crippen LogP contribution in [0.25, 0.3) is 0 Å². The fourth-order valence-corrected chi connectivity index (χ4v) is 2.61. The Morgan fingerprint density at radius 3 is 2.78 bits per heavy atom. The molecule has 0 aromatic carbocycles. The van der Waals surface area contributed by atoms with Crippen LogP contribution in [0.15, 0.2) is 22.8 Å². The van der Waals surface area contributed by atoms with E-state index in [4.69, 9.17) is 4.42 Å². The van der Waals surface area contributed by atoms with Crippen LogP contribution in [0, 0.1) is 5.92 Å². The molecule has 2 nitrogen and oxygen atoms in total. The molecule has 5 heteroatoms. The van der Waals surface area contributed by atoms with Crippen LogP contribution >= 0.6 is 0 Å². The first-order chi connectivity index (χ1) is 8.47. The Morgan fingerprint density at radius 2 is 2.17 bits per heavy atom. The number of halogens is 3. The van der Waals surface area contributed by atoms with Crippen LogP contribution in [0.5, 0.6) is 0 Å². The molecule has 3 atom stereocenters. The van der Waals surface area contributed by atoms with E-state index in [9.17, 15) is 13.2 Å². The second-order valence-corrected chi connectivity index (χ2v) is 5.01. The summed E-state index contributed by atoms with van der Waals surface area (Å²) in [4.78, 5) is 0. The van der Waals surface area contributed by atoms with Crippen molar-refractivity contribution in [3.63, 3.8) is 0 Å². The van der Waals surface area contributed by atoms with E-state index in [1.165, 1.54) is 0 Å². The van der Waals surface area contributed by atoms with Crippen LogP contribution < -0.4 is 5.32 Å². The Bertz CT molecular complexity index is 361. The molecule has 0 amide bonds. The van der Waals surface area contributed by atoms with Gasteiger partial charge in [-0.1, -0.05) is 6.42 Å². The molecule has 1 fully saturated rings. The van der Waals surface area contributed by atoms with Gasteiger partial charge in [0.05, 0.1) is 18.2 Å². The molecule has 0 saturated heterocycles. The Kier molecular flexibility index (Phi) is 4.00. The summed E-state index contributed by atoms with van der Waals surface area (Å²) < 4.78 is 43.3. The molecule has 1 aliphatic carbocycles. The van der Waals surface area contributed by atoms with Crippen molar-refractivity contribution in [2.45, 2.75) is 50.9 Å². The third-order valence-electron chi connectivity index (χ3n) is 3.59. The van der Waals surface area contributed by atoms with E-state index in [0.29, 0.717) is 6.42 Å². The number of furan rings is 1. The van der Waals surface area contributed by atoms with Gasteiger partial charge in [-0.25, -0.2) is 0 Å². The highest BCUT2D eigenvalue weighted by Gasteiger charge is 2.42. The van der Waals surface area contributed by atoms with Gasteiger partial charge < -0.3 is 9.73 Å². The third kappa shape index (κ3) is 3.28. The molecule has 18 heavy (non-hydrogen) atoms. The molecule has 1 N–H and O–H groups in total. The number of hydrogen-bond donors (Lipinski definition) is 1. The highest BCUT2D eigenvalue weighted by molar-refractivity contribution is 5.03. The zero-order valence-electron chi connectivity index (χ0n) is 10.3. The van der Waals surface area contributed by atoms with Crippen LogP contribution in [0.4, 0.5) is 13.2 Å². The summed E-state index contributed by atoms with van der Waals surface area (Å²) in [5, 5.41) is 3.23. The van der Waals surface area contributed by atoms with Gasteiger partial charge in [-0.2, -0.15) is 13.2 Å². The van der Waals surface area contributed by atoms with Gasteiger partial charge in [-0.05, 0) is 38.3 Å². The molecule has 2 unspecified atom stereocenters. The van der Waals surface area contributed by atoms with Crippen LogP contribution in [0.1, 0.15) is 44.4 Å². The number of rotatable bonds is 3. The lowest BCUT2D eigenvalue weighted by molar-refractivity contribution is -0.183. The summed E-state index contributed by atoms with van der Waals surface area (Å²) in [6.45, 7) is 1.91. The molecule has 0 radical (unpaired) electrons. The smallest absolute Gasteiger partial charge is 0.391 e. The van der Waals surface area contributed by atoms with Crippen molar-refractivity contribution in [2.24, 2.45) is 5.92 Å². The number of alkyl halides is 3. The number of hydrogen-bond acceptors (Lipinski definition) is 2. The lowest BCUT2D eigenvalue weighted by Gasteiger charge is -2.32. The third-order valence-corrected chi connectivity index (χ3v) is 3.59. The van der Waals surface area contributed by atoms with Crippen molar-refractivity contribution in [1.82, 2.24) is 5.32 Å². The summed E-state index contributed by atoms with van der Waals surface area (Å²) in [6.07, 6.45) is -0.614. The predicted molar refractivity (Wildman–Crippen MR) is 62.1 cm³/mol. The summed E-state index contributed by atoms with van der Waals surface area (Å²) in [5.74, 6) is -0.392. The second-order valence-electron chi connectivity index (χ2n) is 5.01. The quantitative estimate of drug-likeness (QED) is 0.888. The van der Waals surface area contributed by atoms with Crippen LogP contribution in [-0.4, -0.2) is 12.2 Å². The fourth-order valence-electron chi connectivity index (χ4n) is 2.61. The molecule has 102 valence electrons. The summed E-state index contributed by atoms with van der Waals surface area (Å²) >= 11 is 0. The maximum absolute atomic E-state index is 12.7. The molecule has 0 spiro atoms. The fraction of sp³-hybridized carbons (Fsp3) is 0.692. The van der Waals surface area contributed by atoms with E-state index < -0.39 is 12.1 Å². The van der Waals surface area contributed by atoms with Crippen molar-refractivity contribution in [3.05, 3.63) is 24.2 Å². The van der Waals surface area contributed by atoms with Crippen molar-refractivity contribution in [2.75, 3.05) is 0 Å².